The minimum absolute atomic E-state index is 0.437. The second kappa shape index (κ2) is 6.33. The number of nitrogens with zero attached hydrogens (tertiary/aromatic N) is 2. The number of aromatic nitrogens is 2. The van der Waals surface area contributed by atoms with Crippen LogP contribution in [0.5, 0.6) is 5.75 Å². The maximum atomic E-state index is 11.2. The minimum atomic E-state index is -0.492. The number of nitrogens with one attached hydrogen (secondary N) is 1. The molecule has 1 heterocycles. The first kappa shape index (κ1) is 14.3. The van der Waals surface area contributed by atoms with E-state index >= 15 is 0 Å². The molecule has 2 aromatic rings. The monoisotopic (exact) mass is 293 g/mol. The summed E-state index contributed by atoms with van der Waals surface area (Å²) in [7, 11) is 1.33. The third kappa shape index (κ3) is 3.45. The topological polar surface area (TPSA) is 73.3 Å². The second-order valence-corrected chi connectivity index (χ2v) is 5.00. The van der Waals surface area contributed by atoms with E-state index in [9.17, 15) is 4.79 Å². The van der Waals surface area contributed by atoms with Crippen LogP contribution in [0.1, 0.15) is 16.1 Å². The number of carbonyl (C=O) groups is 1. The third-order valence-corrected chi connectivity index (χ3v) is 3.53. The van der Waals surface area contributed by atoms with E-state index in [-0.39, 0.29) is 0 Å². The molecule has 0 radical (unpaired) electrons. The van der Waals surface area contributed by atoms with Gasteiger partial charge in [0.15, 0.2) is 0 Å². The van der Waals surface area contributed by atoms with Crippen LogP contribution in [-0.2, 0) is 11.3 Å². The molecule has 0 aliphatic heterocycles. The fraction of sp³-hybridized carbons (Fsp3) is 0.308. The summed E-state index contributed by atoms with van der Waals surface area (Å²) in [6.45, 7) is 4.22. The lowest BCUT2D eigenvalue weighted by Gasteiger charge is -2.10. The van der Waals surface area contributed by atoms with Gasteiger partial charge in [0.25, 0.3) is 0 Å². The highest BCUT2D eigenvalue weighted by molar-refractivity contribution is 7.05. The van der Waals surface area contributed by atoms with Gasteiger partial charge < -0.3 is 9.47 Å². The molecule has 0 bridgehead atoms. The molecule has 0 atom stereocenters. The average molecular weight is 293 g/mol. The Morgan fingerprint density at radius 2 is 2.20 bits per heavy atom. The van der Waals surface area contributed by atoms with Crippen LogP contribution >= 0.6 is 11.5 Å². The van der Waals surface area contributed by atoms with E-state index in [0.717, 1.165) is 21.9 Å². The summed E-state index contributed by atoms with van der Waals surface area (Å²) in [6, 6.07) is 5.43. The van der Waals surface area contributed by atoms with E-state index in [1.165, 1.54) is 18.6 Å². The first-order valence-electron chi connectivity index (χ1n) is 5.96. The molecule has 20 heavy (non-hydrogen) atoms. The van der Waals surface area contributed by atoms with Crippen LogP contribution in [-0.4, -0.2) is 22.8 Å². The van der Waals surface area contributed by atoms with Crippen molar-refractivity contribution < 1.29 is 14.3 Å². The molecule has 0 fully saturated rings. The number of carbonyl (C=O) groups excluding carboxylic acids is 1. The lowest BCUT2D eigenvalue weighted by atomic mass is 10.2. The Morgan fingerprint density at radius 3 is 2.80 bits per heavy atom. The van der Waals surface area contributed by atoms with Crippen molar-refractivity contribution in [1.29, 1.82) is 0 Å². The Bertz CT molecular complexity index is 613. The second-order valence-electron chi connectivity index (χ2n) is 4.16. The summed E-state index contributed by atoms with van der Waals surface area (Å²) >= 11 is 1.33. The Morgan fingerprint density at radius 1 is 1.40 bits per heavy atom. The summed E-state index contributed by atoms with van der Waals surface area (Å²) in [4.78, 5) is 12.2. The minimum Gasteiger partial charge on any atom is -0.488 e. The number of benzene rings is 1. The standard InChI is InChI=1S/C13H15N3O3S/c1-8-6-10(4-5-11(8)14-13(17)18-3)19-7-12-9(2)15-16-20-12/h4-6H,7H2,1-3H3,(H,14,17). The number of hydrogen-bond donors (Lipinski definition) is 1. The Hall–Kier alpha value is -2.15. The highest BCUT2D eigenvalue weighted by atomic mass is 32.1. The zero-order valence-corrected chi connectivity index (χ0v) is 12.3. The fourth-order valence-corrected chi connectivity index (χ4v) is 2.11. The quantitative estimate of drug-likeness (QED) is 0.938. The Balaban J connectivity index is 2.02. The smallest absolute Gasteiger partial charge is 0.411 e. The Kier molecular flexibility index (Phi) is 4.52. The number of aryl methyl sites for hydroxylation is 2. The number of rotatable bonds is 4. The highest BCUT2D eigenvalue weighted by Gasteiger charge is 2.07. The van der Waals surface area contributed by atoms with Gasteiger partial charge in [-0.25, -0.2) is 4.79 Å². The molecule has 1 amide bonds. The maximum absolute atomic E-state index is 11.2. The average Bonchev–Trinajstić information content (AvgIpc) is 2.84. The Labute approximate surface area is 120 Å². The first-order valence-corrected chi connectivity index (χ1v) is 6.73. The van der Waals surface area contributed by atoms with Crippen molar-refractivity contribution in [3.8, 4) is 5.75 Å². The number of anilines is 1. The van der Waals surface area contributed by atoms with Crippen molar-refractivity contribution in [2.24, 2.45) is 0 Å². The van der Waals surface area contributed by atoms with Gasteiger partial charge in [-0.05, 0) is 49.1 Å². The van der Waals surface area contributed by atoms with Gasteiger partial charge in [0.1, 0.15) is 12.4 Å². The molecule has 2 rings (SSSR count). The van der Waals surface area contributed by atoms with Gasteiger partial charge in [-0.3, -0.25) is 5.32 Å². The van der Waals surface area contributed by atoms with E-state index in [1.807, 2.05) is 19.9 Å². The van der Waals surface area contributed by atoms with Crippen LogP contribution in [0.3, 0.4) is 0 Å². The van der Waals surface area contributed by atoms with Crippen LogP contribution < -0.4 is 10.1 Å². The highest BCUT2D eigenvalue weighted by Crippen LogP contribution is 2.23. The van der Waals surface area contributed by atoms with Gasteiger partial charge in [-0.2, -0.15) is 0 Å². The maximum Gasteiger partial charge on any atom is 0.411 e. The van der Waals surface area contributed by atoms with Gasteiger partial charge in [0, 0.05) is 5.69 Å². The molecule has 1 N–H and O–H groups in total. The van der Waals surface area contributed by atoms with Crippen LogP contribution in [0, 0.1) is 13.8 Å². The lowest BCUT2D eigenvalue weighted by molar-refractivity contribution is 0.187. The molecular formula is C13H15N3O3S. The van der Waals surface area contributed by atoms with Crippen molar-refractivity contribution in [2.75, 3.05) is 12.4 Å². The van der Waals surface area contributed by atoms with Gasteiger partial charge in [-0.1, -0.05) is 4.49 Å². The number of hydrogen-bond acceptors (Lipinski definition) is 6. The van der Waals surface area contributed by atoms with E-state index in [1.54, 1.807) is 12.1 Å². The van der Waals surface area contributed by atoms with E-state index in [0.29, 0.717) is 12.3 Å². The first-order chi connectivity index (χ1) is 9.60. The van der Waals surface area contributed by atoms with Crippen molar-refractivity contribution in [3.05, 3.63) is 34.3 Å². The van der Waals surface area contributed by atoms with E-state index < -0.39 is 6.09 Å². The zero-order valence-electron chi connectivity index (χ0n) is 11.5. The summed E-state index contributed by atoms with van der Waals surface area (Å²) < 4.78 is 14.1. The fourth-order valence-electron chi connectivity index (χ4n) is 1.56. The largest absolute Gasteiger partial charge is 0.488 e. The van der Waals surface area contributed by atoms with E-state index in [2.05, 4.69) is 19.6 Å². The number of amides is 1. The molecule has 106 valence electrons. The zero-order chi connectivity index (χ0) is 14.5. The predicted octanol–water partition coefficient (Wildman–Crippen LogP) is 2.91. The van der Waals surface area contributed by atoms with Gasteiger partial charge in [0.2, 0.25) is 0 Å². The van der Waals surface area contributed by atoms with Crippen molar-refractivity contribution in [1.82, 2.24) is 9.59 Å². The molecule has 6 nitrogen and oxygen atoms in total. The molecule has 0 spiro atoms. The van der Waals surface area contributed by atoms with Gasteiger partial charge in [0.05, 0.1) is 17.7 Å². The summed E-state index contributed by atoms with van der Waals surface area (Å²) in [5.41, 5.74) is 2.47. The van der Waals surface area contributed by atoms with Crippen LogP contribution in [0.2, 0.25) is 0 Å². The van der Waals surface area contributed by atoms with Crippen molar-refractivity contribution in [3.63, 3.8) is 0 Å². The van der Waals surface area contributed by atoms with Gasteiger partial charge in [-0.15, -0.1) is 5.10 Å². The molecule has 0 saturated carbocycles. The molecule has 0 aliphatic rings. The molecular weight excluding hydrogens is 278 g/mol. The predicted molar refractivity (Wildman–Crippen MR) is 76.2 cm³/mol. The van der Waals surface area contributed by atoms with Crippen molar-refractivity contribution in [2.45, 2.75) is 20.5 Å². The van der Waals surface area contributed by atoms with Crippen LogP contribution in [0.25, 0.3) is 0 Å². The molecule has 0 aliphatic carbocycles. The van der Waals surface area contributed by atoms with Gasteiger partial charge >= 0.3 is 6.09 Å². The number of ether oxygens (including phenoxy) is 2. The molecule has 7 heteroatoms. The SMILES string of the molecule is COC(=O)Nc1ccc(OCc2snnc2C)cc1C. The molecule has 0 unspecified atom stereocenters. The third-order valence-electron chi connectivity index (χ3n) is 2.74. The normalized spacial score (nSPS) is 10.2. The van der Waals surface area contributed by atoms with Crippen LogP contribution in [0.15, 0.2) is 18.2 Å². The van der Waals surface area contributed by atoms with Crippen molar-refractivity contribution >= 4 is 23.3 Å². The summed E-state index contributed by atoms with van der Waals surface area (Å²) in [6.07, 6.45) is -0.492. The molecule has 1 aromatic heterocycles. The molecule has 0 saturated heterocycles. The van der Waals surface area contributed by atoms with E-state index in [4.69, 9.17) is 4.74 Å². The van der Waals surface area contributed by atoms with Crippen LogP contribution in [0.4, 0.5) is 10.5 Å². The number of methoxy groups -OCH3 is 1. The molecule has 1 aromatic carbocycles. The lowest BCUT2D eigenvalue weighted by Crippen LogP contribution is -2.11. The summed E-state index contributed by atoms with van der Waals surface area (Å²) in [5.74, 6) is 0.728. The summed E-state index contributed by atoms with van der Waals surface area (Å²) in [5, 5.41) is 6.56.